The number of rotatable bonds is 6. The fraction of sp³-hybridized carbons (Fsp3) is 0.464. The maximum Gasteiger partial charge on any atom is 0.407 e. The number of hydrogen-bond acceptors (Lipinski definition) is 4. The second-order valence-corrected chi connectivity index (χ2v) is 9.91. The van der Waals surface area contributed by atoms with E-state index in [0.29, 0.717) is 13.0 Å². The zero-order chi connectivity index (χ0) is 24.4. The van der Waals surface area contributed by atoms with E-state index in [9.17, 15) is 19.5 Å². The highest BCUT2D eigenvalue weighted by Gasteiger charge is 2.37. The van der Waals surface area contributed by atoms with Crippen LogP contribution in [0.25, 0.3) is 11.1 Å². The van der Waals surface area contributed by atoms with Crippen molar-refractivity contribution in [3.8, 4) is 11.1 Å². The molecule has 1 aliphatic heterocycles. The molecule has 7 heteroatoms. The largest absolute Gasteiger partial charge is 0.480 e. The van der Waals surface area contributed by atoms with Crippen LogP contribution in [0.3, 0.4) is 0 Å². The highest BCUT2D eigenvalue weighted by atomic mass is 16.5. The van der Waals surface area contributed by atoms with Gasteiger partial charge in [0.05, 0.1) is 0 Å². The summed E-state index contributed by atoms with van der Waals surface area (Å²) in [6, 6.07) is 15.6. The fourth-order valence-electron chi connectivity index (χ4n) is 6.09. The van der Waals surface area contributed by atoms with E-state index >= 15 is 0 Å². The van der Waals surface area contributed by atoms with Crippen LogP contribution in [0.4, 0.5) is 4.79 Å². The van der Waals surface area contributed by atoms with Crippen molar-refractivity contribution in [1.82, 2.24) is 10.2 Å². The topological polar surface area (TPSA) is 95.9 Å². The van der Waals surface area contributed by atoms with Gasteiger partial charge >= 0.3 is 12.1 Å². The van der Waals surface area contributed by atoms with Crippen LogP contribution < -0.4 is 5.32 Å². The average molecular weight is 477 g/mol. The Balaban J connectivity index is 1.18. The molecular weight excluding hydrogens is 444 g/mol. The van der Waals surface area contributed by atoms with Gasteiger partial charge in [0, 0.05) is 24.9 Å². The summed E-state index contributed by atoms with van der Waals surface area (Å²) in [7, 11) is 0. The summed E-state index contributed by atoms with van der Waals surface area (Å²) in [6.07, 6.45) is 4.53. The number of carbonyl (C=O) groups is 3. The van der Waals surface area contributed by atoms with E-state index in [1.54, 1.807) is 0 Å². The first-order chi connectivity index (χ1) is 17.0. The van der Waals surface area contributed by atoms with Crippen molar-refractivity contribution in [2.45, 2.75) is 62.9 Å². The minimum atomic E-state index is -0.933. The van der Waals surface area contributed by atoms with Gasteiger partial charge < -0.3 is 20.1 Å². The lowest BCUT2D eigenvalue weighted by atomic mass is 9.96. The summed E-state index contributed by atoms with van der Waals surface area (Å²) in [5.41, 5.74) is 4.70. The van der Waals surface area contributed by atoms with Crippen LogP contribution in [-0.4, -0.2) is 53.2 Å². The molecule has 0 spiro atoms. The third kappa shape index (κ3) is 4.77. The number of alkyl carbamates (subject to hydrolysis) is 1. The van der Waals surface area contributed by atoms with Crippen LogP contribution in [-0.2, 0) is 14.3 Å². The Kier molecular flexibility index (Phi) is 6.75. The number of aliphatic carboxylic acids is 1. The van der Waals surface area contributed by atoms with Crippen LogP contribution in [0.1, 0.15) is 62.0 Å². The maximum atomic E-state index is 13.0. The molecular formula is C28H32N2O5. The molecule has 0 aromatic heterocycles. The molecule has 1 saturated heterocycles. The summed E-state index contributed by atoms with van der Waals surface area (Å²) in [5.74, 6) is -1.05. The molecule has 1 heterocycles. The second-order valence-electron chi connectivity index (χ2n) is 9.91. The van der Waals surface area contributed by atoms with E-state index in [4.69, 9.17) is 4.74 Å². The van der Waals surface area contributed by atoms with Crippen molar-refractivity contribution in [2.24, 2.45) is 5.92 Å². The van der Waals surface area contributed by atoms with Crippen molar-refractivity contribution in [1.29, 1.82) is 0 Å². The number of amides is 2. The third-order valence-corrected chi connectivity index (χ3v) is 7.85. The minimum absolute atomic E-state index is 0.000598. The molecule has 2 aliphatic carbocycles. The molecule has 2 aromatic carbocycles. The molecule has 1 saturated carbocycles. The number of piperidine rings is 1. The van der Waals surface area contributed by atoms with E-state index in [1.165, 1.54) is 27.2 Å². The highest BCUT2D eigenvalue weighted by molar-refractivity contribution is 5.84. The van der Waals surface area contributed by atoms with E-state index in [1.807, 2.05) is 24.3 Å². The van der Waals surface area contributed by atoms with Crippen LogP contribution >= 0.6 is 0 Å². The number of fused-ring (bicyclic) bond motifs is 3. The van der Waals surface area contributed by atoms with Crippen molar-refractivity contribution in [3.05, 3.63) is 59.7 Å². The first-order valence-electron chi connectivity index (χ1n) is 12.7. The van der Waals surface area contributed by atoms with Gasteiger partial charge in [0.25, 0.3) is 0 Å². The van der Waals surface area contributed by atoms with Gasteiger partial charge in [-0.25, -0.2) is 9.59 Å². The molecule has 7 nitrogen and oxygen atoms in total. The molecule has 184 valence electrons. The monoisotopic (exact) mass is 476 g/mol. The van der Waals surface area contributed by atoms with Gasteiger partial charge in [0.1, 0.15) is 12.6 Å². The molecule has 2 fully saturated rings. The number of ether oxygens (including phenoxy) is 1. The Bertz CT molecular complexity index is 1070. The lowest BCUT2D eigenvalue weighted by Gasteiger charge is -2.34. The van der Waals surface area contributed by atoms with Gasteiger partial charge in [-0.05, 0) is 60.3 Å². The summed E-state index contributed by atoms with van der Waals surface area (Å²) < 4.78 is 5.70. The normalized spacial score (nSPS) is 23.4. The maximum absolute atomic E-state index is 13.0. The molecule has 3 atom stereocenters. The molecule has 2 N–H and O–H groups in total. The van der Waals surface area contributed by atoms with E-state index in [2.05, 4.69) is 29.6 Å². The predicted molar refractivity (Wildman–Crippen MR) is 131 cm³/mol. The van der Waals surface area contributed by atoms with Crippen LogP contribution in [0, 0.1) is 5.92 Å². The van der Waals surface area contributed by atoms with Crippen molar-refractivity contribution in [3.63, 3.8) is 0 Å². The molecule has 2 amide bonds. The van der Waals surface area contributed by atoms with Crippen molar-refractivity contribution >= 4 is 18.0 Å². The van der Waals surface area contributed by atoms with Gasteiger partial charge in [-0.3, -0.25) is 4.79 Å². The zero-order valence-corrected chi connectivity index (χ0v) is 19.8. The first kappa shape index (κ1) is 23.4. The summed E-state index contributed by atoms with van der Waals surface area (Å²) in [5, 5.41) is 12.5. The molecule has 3 aliphatic rings. The van der Waals surface area contributed by atoms with Crippen molar-refractivity contribution < 1.29 is 24.2 Å². The number of nitrogens with zero attached hydrogens (tertiary/aromatic N) is 1. The quantitative estimate of drug-likeness (QED) is 0.638. The first-order valence-corrected chi connectivity index (χ1v) is 12.7. The molecule has 5 rings (SSSR count). The van der Waals surface area contributed by atoms with Crippen LogP contribution in [0.15, 0.2) is 48.5 Å². The summed E-state index contributed by atoms with van der Waals surface area (Å²) in [6.45, 7) is 0.747. The van der Waals surface area contributed by atoms with Crippen LogP contribution in [0.5, 0.6) is 0 Å². The Morgan fingerprint density at radius 1 is 0.914 bits per heavy atom. The van der Waals surface area contributed by atoms with Gasteiger partial charge in [-0.2, -0.15) is 0 Å². The number of carboxylic acids is 1. The predicted octanol–water partition coefficient (Wildman–Crippen LogP) is 4.55. The molecule has 2 aromatic rings. The molecule has 0 bridgehead atoms. The number of nitrogens with one attached hydrogen (secondary N) is 1. The Labute approximate surface area is 205 Å². The van der Waals surface area contributed by atoms with Gasteiger partial charge in [0.2, 0.25) is 5.91 Å². The number of likely N-dealkylation sites (tertiary alicyclic amines) is 1. The number of hydrogen-bond donors (Lipinski definition) is 2. The van der Waals surface area contributed by atoms with E-state index in [-0.39, 0.29) is 36.8 Å². The van der Waals surface area contributed by atoms with Crippen LogP contribution in [0.2, 0.25) is 0 Å². The third-order valence-electron chi connectivity index (χ3n) is 7.85. The number of benzene rings is 2. The second kappa shape index (κ2) is 10.1. The lowest BCUT2D eigenvalue weighted by Crippen LogP contribution is -2.49. The molecule has 35 heavy (non-hydrogen) atoms. The smallest absolute Gasteiger partial charge is 0.407 e. The highest BCUT2D eigenvalue weighted by Crippen LogP contribution is 2.44. The minimum Gasteiger partial charge on any atom is -0.480 e. The zero-order valence-electron chi connectivity index (χ0n) is 19.8. The van der Waals surface area contributed by atoms with Gasteiger partial charge in [-0.1, -0.05) is 55.0 Å². The fourth-order valence-corrected chi connectivity index (χ4v) is 6.09. The standard InChI is InChI=1S/C28H32N2O5/c31-26(30-15-6-5-14-25(30)27(32)33)16-18-8-7-13-24(18)29-28(34)35-17-23-21-11-3-1-9-19(21)20-10-2-4-12-22(20)23/h1-4,9-12,18,23-25H,5-8,13-17H2,(H,29,34)(H,32,33). The van der Waals surface area contributed by atoms with E-state index < -0.39 is 18.1 Å². The SMILES string of the molecule is O=C(NC1CCCC1CC(=O)N1CCCCC1C(=O)O)OCC1c2ccccc2-c2ccccc21. The number of carbonyl (C=O) groups excluding carboxylic acids is 2. The molecule has 3 unspecified atom stereocenters. The van der Waals surface area contributed by atoms with Crippen molar-refractivity contribution in [2.75, 3.05) is 13.2 Å². The van der Waals surface area contributed by atoms with Gasteiger partial charge in [-0.15, -0.1) is 0 Å². The summed E-state index contributed by atoms with van der Waals surface area (Å²) >= 11 is 0. The molecule has 0 radical (unpaired) electrons. The Morgan fingerprint density at radius 2 is 1.60 bits per heavy atom. The summed E-state index contributed by atoms with van der Waals surface area (Å²) in [4.78, 5) is 38.8. The average Bonchev–Trinajstić information content (AvgIpc) is 3.44. The van der Waals surface area contributed by atoms with E-state index in [0.717, 1.165) is 32.1 Å². The Morgan fingerprint density at radius 3 is 2.29 bits per heavy atom. The van der Waals surface area contributed by atoms with Gasteiger partial charge in [0.15, 0.2) is 0 Å². The lowest BCUT2D eigenvalue weighted by molar-refractivity contribution is -0.152. The number of carboxylic acid groups (broad SMARTS) is 1. The Hall–Kier alpha value is -3.35.